The molecule has 4 aromatic rings. The van der Waals surface area contributed by atoms with Crippen LogP contribution in [-0.2, 0) is 4.79 Å². The molecule has 5 rings (SSSR count). The predicted octanol–water partition coefficient (Wildman–Crippen LogP) is 6.36. The molecule has 1 aliphatic heterocycles. The second kappa shape index (κ2) is 11.5. The summed E-state index contributed by atoms with van der Waals surface area (Å²) in [5.41, 5.74) is 3.62. The Hall–Kier alpha value is -3.54. The van der Waals surface area contributed by atoms with Crippen molar-refractivity contribution < 1.29 is 19.4 Å². The third-order valence-corrected chi connectivity index (χ3v) is 6.67. The molecular weight excluding hydrogens is 474 g/mol. The fraction of sp³-hybridized carbons (Fsp3) is 0.233. The molecule has 0 radical (unpaired) electrons. The van der Waals surface area contributed by atoms with Gasteiger partial charge in [0.05, 0.1) is 0 Å². The molecule has 0 fully saturated rings. The Morgan fingerprint density at radius 2 is 1.72 bits per heavy atom. The van der Waals surface area contributed by atoms with Crippen LogP contribution in [0.1, 0.15) is 42.0 Å². The maximum atomic E-state index is 10.8. The number of aliphatic carboxylic acids is 1. The molecular formula is C30H30ClNO4. The van der Waals surface area contributed by atoms with Crippen molar-refractivity contribution in [3.8, 4) is 11.5 Å². The Kier molecular flexibility index (Phi) is 8.14. The Balaban J connectivity index is 0.00000304. The van der Waals surface area contributed by atoms with Gasteiger partial charge in [0.15, 0.2) is 6.61 Å². The van der Waals surface area contributed by atoms with Crippen LogP contribution < -0.4 is 14.8 Å². The fourth-order valence-corrected chi connectivity index (χ4v) is 4.92. The van der Waals surface area contributed by atoms with Crippen molar-refractivity contribution in [2.45, 2.75) is 31.4 Å². The first-order valence-electron chi connectivity index (χ1n) is 12.0. The zero-order valence-electron chi connectivity index (χ0n) is 20.1. The summed E-state index contributed by atoms with van der Waals surface area (Å²) in [6.07, 6.45) is 0.872. The first-order valence-corrected chi connectivity index (χ1v) is 12.0. The van der Waals surface area contributed by atoms with E-state index >= 15 is 0 Å². The lowest BCUT2D eigenvalue weighted by molar-refractivity contribution is -0.139. The lowest BCUT2D eigenvalue weighted by Crippen LogP contribution is -2.37. The van der Waals surface area contributed by atoms with E-state index in [0.29, 0.717) is 5.75 Å². The van der Waals surface area contributed by atoms with E-state index in [0.717, 1.165) is 24.3 Å². The number of rotatable bonds is 8. The lowest BCUT2D eigenvalue weighted by atomic mass is 9.84. The predicted molar refractivity (Wildman–Crippen MR) is 145 cm³/mol. The van der Waals surface area contributed by atoms with Crippen molar-refractivity contribution in [2.24, 2.45) is 0 Å². The largest absolute Gasteiger partial charge is 0.489 e. The molecule has 0 spiro atoms. The van der Waals surface area contributed by atoms with Gasteiger partial charge in [0, 0.05) is 24.1 Å². The summed E-state index contributed by atoms with van der Waals surface area (Å²) in [5.74, 6) is 0.673. The second-order valence-corrected chi connectivity index (χ2v) is 9.02. The highest BCUT2D eigenvalue weighted by Crippen LogP contribution is 2.40. The van der Waals surface area contributed by atoms with E-state index in [4.69, 9.17) is 14.6 Å². The Morgan fingerprint density at radius 3 is 2.53 bits per heavy atom. The molecule has 1 heterocycles. The number of carboxylic acid groups (broad SMARTS) is 1. The minimum absolute atomic E-state index is 0. The van der Waals surface area contributed by atoms with Gasteiger partial charge in [-0.05, 0) is 53.4 Å². The molecule has 5 nitrogen and oxygen atoms in total. The third-order valence-electron chi connectivity index (χ3n) is 6.67. The molecule has 6 heteroatoms. The zero-order valence-corrected chi connectivity index (χ0v) is 20.9. The minimum Gasteiger partial charge on any atom is -0.489 e. The topological polar surface area (TPSA) is 67.8 Å². The van der Waals surface area contributed by atoms with Crippen molar-refractivity contribution >= 4 is 29.1 Å². The van der Waals surface area contributed by atoms with E-state index in [9.17, 15) is 4.79 Å². The molecule has 0 saturated carbocycles. The van der Waals surface area contributed by atoms with Crippen LogP contribution in [0.15, 0.2) is 91.0 Å². The Morgan fingerprint density at radius 1 is 1.00 bits per heavy atom. The summed E-state index contributed by atoms with van der Waals surface area (Å²) in [7, 11) is 0. The molecule has 0 bridgehead atoms. The number of fused-ring (bicyclic) bond motifs is 2. The van der Waals surface area contributed by atoms with Crippen molar-refractivity contribution in [1.29, 1.82) is 0 Å². The van der Waals surface area contributed by atoms with E-state index < -0.39 is 5.97 Å². The minimum atomic E-state index is -0.986. The highest BCUT2D eigenvalue weighted by atomic mass is 35.5. The van der Waals surface area contributed by atoms with Crippen LogP contribution >= 0.6 is 12.4 Å². The highest BCUT2D eigenvalue weighted by molar-refractivity contribution is 5.86. The molecule has 0 aromatic heterocycles. The van der Waals surface area contributed by atoms with E-state index in [1.807, 2.05) is 42.5 Å². The van der Waals surface area contributed by atoms with Crippen LogP contribution in [0.2, 0.25) is 0 Å². The quantitative estimate of drug-likeness (QED) is 0.293. The number of halogens is 1. The molecule has 0 aliphatic carbocycles. The van der Waals surface area contributed by atoms with Gasteiger partial charge < -0.3 is 19.9 Å². The van der Waals surface area contributed by atoms with Crippen molar-refractivity contribution in [1.82, 2.24) is 5.32 Å². The molecule has 186 valence electrons. The average molecular weight is 504 g/mol. The summed E-state index contributed by atoms with van der Waals surface area (Å²) in [5, 5.41) is 15.1. The summed E-state index contributed by atoms with van der Waals surface area (Å²) >= 11 is 0. The van der Waals surface area contributed by atoms with Crippen LogP contribution in [0.4, 0.5) is 0 Å². The number of hydrogen-bond acceptors (Lipinski definition) is 4. The van der Waals surface area contributed by atoms with Gasteiger partial charge in [-0.2, -0.15) is 0 Å². The van der Waals surface area contributed by atoms with Crippen LogP contribution in [0, 0.1) is 0 Å². The monoisotopic (exact) mass is 503 g/mol. The van der Waals surface area contributed by atoms with E-state index in [1.54, 1.807) is 0 Å². The van der Waals surface area contributed by atoms with E-state index in [-0.39, 0.29) is 37.1 Å². The number of carboxylic acids is 1. The number of para-hydroxylation sites is 1. The summed E-state index contributed by atoms with van der Waals surface area (Å²) in [6.45, 7) is 2.59. The average Bonchev–Trinajstić information content (AvgIpc) is 2.90. The number of ether oxygens (including phenoxy) is 2. The van der Waals surface area contributed by atoms with E-state index in [2.05, 4.69) is 60.8 Å². The second-order valence-electron chi connectivity index (χ2n) is 9.02. The number of carbonyl (C=O) groups is 1. The van der Waals surface area contributed by atoms with Crippen molar-refractivity contribution in [2.75, 3.05) is 13.2 Å². The normalized spacial score (nSPS) is 17.4. The van der Waals surface area contributed by atoms with Gasteiger partial charge in [-0.15, -0.1) is 12.4 Å². The van der Waals surface area contributed by atoms with Crippen molar-refractivity contribution in [3.63, 3.8) is 0 Å². The molecule has 4 aromatic carbocycles. The van der Waals surface area contributed by atoms with Crippen LogP contribution in [-0.4, -0.2) is 30.3 Å². The fourth-order valence-electron chi connectivity index (χ4n) is 4.92. The molecule has 2 N–H and O–H groups in total. The molecule has 1 unspecified atom stereocenters. The van der Waals surface area contributed by atoms with Gasteiger partial charge >= 0.3 is 5.97 Å². The van der Waals surface area contributed by atoms with Gasteiger partial charge in [0.25, 0.3) is 0 Å². The highest BCUT2D eigenvalue weighted by Gasteiger charge is 2.29. The third kappa shape index (κ3) is 5.64. The molecule has 0 amide bonds. The van der Waals surface area contributed by atoms with Gasteiger partial charge in [-0.25, -0.2) is 4.79 Å². The molecule has 3 atom stereocenters. The molecule has 0 saturated heterocycles. The van der Waals surface area contributed by atoms with Crippen LogP contribution in [0.3, 0.4) is 0 Å². The maximum absolute atomic E-state index is 10.8. The molecule has 36 heavy (non-hydrogen) atoms. The van der Waals surface area contributed by atoms with Gasteiger partial charge in [0.2, 0.25) is 0 Å². The number of nitrogens with one attached hydrogen (secondary N) is 1. The van der Waals surface area contributed by atoms with Crippen LogP contribution in [0.5, 0.6) is 11.5 Å². The SMILES string of the molecule is CC(NC[C@H]1C[C@H](c2ccc(OCC(=O)O)cc2)c2ccccc2O1)c1cccc2ccccc12.Cl. The first-order chi connectivity index (χ1) is 17.1. The van der Waals surface area contributed by atoms with Gasteiger partial charge in [0.1, 0.15) is 17.6 Å². The summed E-state index contributed by atoms with van der Waals surface area (Å²) < 4.78 is 11.7. The van der Waals surface area contributed by atoms with E-state index in [1.165, 1.54) is 21.9 Å². The van der Waals surface area contributed by atoms with Gasteiger partial charge in [-0.1, -0.05) is 72.8 Å². The summed E-state index contributed by atoms with van der Waals surface area (Å²) in [4.78, 5) is 10.8. The van der Waals surface area contributed by atoms with Crippen molar-refractivity contribution in [3.05, 3.63) is 108 Å². The number of benzene rings is 4. The Labute approximate surface area is 217 Å². The maximum Gasteiger partial charge on any atom is 0.341 e. The van der Waals surface area contributed by atoms with Crippen LogP contribution in [0.25, 0.3) is 10.8 Å². The lowest BCUT2D eigenvalue weighted by Gasteiger charge is -2.33. The smallest absolute Gasteiger partial charge is 0.341 e. The zero-order chi connectivity index (χ0) is 24.2. The molecule has 1 aliphatic rings. The Bertz CT molecular complexity index is 1320. The first kappa shape index (κ1) is 25.5. The number of hydrogen-bond donors (Lipinski definition) is 2. The van der Waals surface area contributed by atoms with Gasteiger partial charge in [-0.3, -0.25) is 0 Å². The summed E-state index contributed by atoms with van der Waals surface area (Å²) in [6, 6.07) is 31.0. The standard InChI is InChI=1S/C30H29NO4.ClH/c1-20(25-11-6-8-21-7-2-3-9-26(21)25)31-18-24-17-28(27-10-4-5-12-29(27)35-24)22-13-15-23(16-14-22)34-19-30(32)33;/h2-16,20,24,28,31H,17-19H2,1H3,(H,32,33);1H/t20?,24-,28-;/m1./s1.